The van der Waals surface area contributed by atoms with E-state index in [9.17, 15) is 0 Å². The van der Waals surface area contributed by atoms with Crippen LogP contribution in [0.25, 0.3) is 0 Å². The lowest BCUT2D eigenvalue weighted by Crippen LogP contribution is -1.87. The number of thioether (sulfide) groups is 1. The summed E-state index contributed by atoms with van der Waals surface area (Å²) in [5, 5.41) is 3.28. The van der Waals surface area contributed by atoms with E-state index in [0.717, 1.165) is 0 Å². The third-order valence-corrected chi connectivity index (χ3v) is 4.63. The molecule has 1 aromatic carbocycles. The van der Waals surface area contributed by atoms with Gasteiger partial charge in [-0.05, 0) is 60.4 Å². The molecule has 1 heteroatoms. The molecule has 112 valence electrons. The third-order valence-electron chi connectivity index (χ3n) is 3.91. The van der Waals surface area contributed by atoms with Gasteiger partial charge >= 0.3 is 0 Å². The molecule has 0 saturated heterocycles. The second-order valence-electron chi connectivity index (χ2n) is 5.74. The summed E-state index contributed by atoms with van der Waals surface area (Å²) in [5.41, 5.74) is 1.36. The van der Waals surface area contributed by atoms with Gasteiger partial charge in [-0.15, -0.1) is 0 Å². The topological polar surface area (TPSA) is 0 Å². The minimum atomic E-state index is 1.17. The first-order valence-corrected chi connectivity index (χ1v) is 9.19. The number of allylic oxidation sites excluding steroid dienone is 2. The molecule has 0 radical (unpaired) electrons. The van der Waals surface area contributed by atoms with Crippen LogP contribution in [0.4, 0.5) is 0 Å². The van der Waals surface area contributed by atoms with Gasteiger partial charge in [0.1, 0.15) is 0 Å². The minimum absolute atomic E-state index is 1.17. The second-order valence-corrected chi connectivity index (χ2v) is 6.62. The van der Waals surface area contributed by atoms with Crippen LogP contribution in [-0.2, 0) is 0 Å². The maximum Gasteiger partial charge on any atom is 0.0203 e. The van der Waals surface area contributed by atoms with Crippen LogP contribution in [0.1, 0.15) is 64.2 Å². The number of hydrogen-bond acceptors (Lipinski definition) is 1. The zero-order valence-electron chi connectivity index (χ0n) is 12.9. The molecule has 0 saturated carbocycles. The molecular weight excluding hydrogens is 272 g/mol. The summed E-state index contributed by atoms with van der Waals surface area (Å²) in [6, 6.07) is 10.4. The number of benzene rings is 1. The highest BCUT2D eigenvalue weighted by molar-refractivity contribution is 8.03. The molecule has 0 aliphatic heterocycles. The maximum absolute atomic E-state index is 3.40. The average Bonchev–Trinajstić information content (AvgIpc) is 2.51. The molecular formula is C20H26S. The Kier molecular flexibility index (Phi) is 8.18. The summed E-state index contributed by atoms with van der Waals surface area (Å²) in [6.45, 7) is 0. The Morgan fingerprint density at radius 1 is 0.762 bits per heavy atom. The van der Waals surface area contributed by atoms with Crippen LogP contribution >= 0.6 is 11.8 Å². The van der Waals surface area contributed by atoms with Gasteiger partial charge in [-0.3, -0.25) is 0 Å². The van der Waals surface area contributed by atoms with Gasteiger partial charge in [0.15, 0.2) is 0 Å². The Hall–Kier alpha value is -1.13. The van der Waals surface area contributed by atoms with Gasteiger partial charge in [0.2, 0.25) is 0 Å². The monoisotopic (exact) mass is 298 g/mol. The van der Waals surface area contributed by atoms with Gasteiger partial charge < -0.3 is 0 Å². The van der Waals surface area contributed by atoms with Crippen molar-refractivity contribution < 1.29 is 0 Å². The van der Waals surface area contributed by atoms with E-state index in [1.54, 1.807) is 11.8 Å². The summed E-state index contributed by atoms with van der Waals surface area (Å²) < 4.78 is 0. The first-order valence-electron chi connectivity index (χ1n) is 8.37. The molecule has 21 heavy (non-hydrogen) atoms. The van der Waals surface area contributed by atoms with Crippen LogP contribution in [-0.4, -0.2) is 0 Å². The van der Waals surface area contributed by atoms with Crippen molar-refractivity contribution in [3.8, 4) is 11.2 Å². The lowest BCUT2D eigenvalue weighted by molar-refractivity contribution is 0.564. The second kappa shape index (κ2) is 10.6. The molecule has 0 fully saturated rings. The largest absolute Gasteiger partial charge is 0.0729 e. The average molecular weight is 298 g/mol. The van der Waals surface area contributed by atoms with Crippen molar-refractivity contribution in [2.24, 2.45) is 0 Å². The number of hydrogen-bond donors (Lipinski definition) is 0. The van der Waals surface area contributed by atoms with Gasteiger partial charge in [-0.25, -0.2) is 0 Å². The molecule has 0 unspecified atom stereocenters. The van der Waals surface area contributed by atoms with Crippen LogP contribution in [0.15, 0.2) is 46.9 Å². The van der Waals surface area contributed by atoms with Gasteiger partial charge in [0, 0.05) is 4.90 Å². The lowest BCUT2D eigenvalue weighted by Gasteiger charge is -2.05. The predicted octanol–water partition coefficient (Wildman–Crippen LogP) is 6.58. The van der Waals surface area contributed by atoms with E-state index in [-0.39, 0.29) is 0 Å². The summed E-state index contributed by atoms with van der Waals surface area (Å²) >= 11 is 1.64. The van der Waals surface area contributed by atoms with Crippen molar-refractivity contribution in [2.75, 3.05) is 0 Å². The van der Waals surface area contributed by atoms with Crippen molar-refractivity contribution in [2.45, 2.75) is 69.1 Å². The molecule has 1 aliphatic carbocycles. The molecule has 0 bridgehead atoms. The van der Waals surface area contributed by atoms with Crippen LogP contribution in [0, 0.1) is 11.2 Å². The lowest BCUT2D eigenvalue weighted by atomic mass is 10.0. The van der Waals surface area contributed by atoms with E-state index in [1.165, 1.54) is 74.7 Å². The van der Waals surface area contributed by atoms with Crippen molar-refractivity contribution in [1.29, 1.82) is 0 Å². The SMILES string of the molecule is C(#C/C1=C/CCCCCCCCCC1)Sc1ccccc1. The number of rotatable bonds is 1. The highest BCUT2D eigenvalue weighted by atomic mass is 32.2. The Morgan fingerprint density at radius 3 is 2.19 bits per heavy atom. The van der Waals surface area contributed by atoms with Crippen LogP contribution in [0.3, 0.4) is 0 Å². The standard InChI is InChI=1S/C20H26S/c1-2-4-6-9-13-19(14-10-7-5-3-1)17-18-21-20-15-11-8-12-16-20/h8,11-13,15-16H,1-7,9-10,14H2/b19-13+. The fraction of sp³-hybridized carbons (Fsp3) is 0.500. The molecule has 0 atom stereocenters. The zero-order chi connectivity index (χ0) is 14.6. The smallest absolute Gasteiger partial charge is 0.0203 e. The molecule has 0 heterocycles. The Bertz CT molecular complexity index is 476. The van der Waals surface area contributed by atoms with E-state index in [2.05, 4.69) is 41.5 Å². The highest BCUT2D eigenvalue weighted by Crippen LogP contribution is 2.18. The summed E-state index contributed by atoms with van der Waals surface area (Å²) in [7, 11) is 0. The van der Waals surface area contributed by atoms with Crippen molar-refractivity contribution in [3.05, 3.63) is 42.0 Å². The van der Waals surface area contributed by atoms with E-state index in [4.69, 9.17) is 0 Å². The Balaban J connectivity index is 1.88. The van der Waals surface area contributed by atoms with Crippen molar-refractivity contribution in [1.82, 2.24) is 0 Å². The van der Waals surface area contributed by atoms with E-state index in [0.29, 0.717) is 0 Å². The fourth-order valence-corrected chi connectivity index (χ4v) is 3.24. The van der Waals surface area contributed by atoms with Crippen molar-refractivity contribution in [3.63, 3.8) is 0 Å². The molecule has 0 N–H and O–H groups in total. The Morgan fingerprint density at radius 2 is 1.43 bits per heavy atom. The zero-order valence-corrected chi connectivity index (χ0v) is 13.8. The van der Waals surface area contributed by atoms with Gasteiger partial charge in [0.05, 0.1) is 0 Å². The molecule has 0 spiro atoms. The highest BCUT2D eigenvalue weighted by Gasteiger charge is 1.98. The molecule has 0 nitrogen and oxygen atoms in total. The third kappa shape index (κ3) is 7.44. The predicted molar refractivity (Wildman–Crippen MR) is 94.3 cm³/mol. The molecule has 1 aliphatic rings. The first kappa shape index (κ1) is 16.2. The van der Waals surface area contributed by atoms with E-state index in [1.807, 2.05) is 6.07 Å². The fourth-order valence-electron chi connectivity index (χ4n) is 2.65. The van der Waals surface area contributed by atoms with E-state index < -0.39 is 0 Å². The summed E-state index contributed by atoms with van der Waals surface area (Å²) in [5.74, 6) is 3.40. The van der Waals surface area contributed by atoms with Crippen LogP contribution in [0.2, 0.25) is 0 Å². The molecule has 2 rings (SSSR count). The molecule has 0 aromatic heterocycles. The van der Waals surface area contributed by atoms with Crippen LogP contribution in [0.5, 0.6) is 0 Å². The van der Waals surface area contributed by atoms with E-state index >= 15 is 0 Å². The summed E-state index contributed by atoms with van der Waals surface area (Å²) in [6.07, 6.45) is 15.8. The van der Waals surface area contributed by atoms with Gasteiger partial charge in [-0.2, -0.15) is 0 Å². The van der Waals surface area contributed by atoms with Gasteiger partial charge in [-0.1, -0.05) is 68.7 Å². The summed E-state index contributed by atoms with van der Waals surface area (Å²) in [4.78, 5) is 1.23. The molecule has 1 aromatic rings. The quantitative estimate of drug-likeness (QED) is 0.417. The maximum atomic E-state index is 3.40. The first-order chi connectivity index (χ1) is 10.4. The normalized spacial score (nSPS) is 20.1. The van der Waals surface area contributed by atoms with Gasteiger partial charge in [0.25, 0.3) is 0 Å². The molecule has 0 amide bonds. The Labute approximate surface area is 134 Å². The van der Waals surface area contributed by atoms with Crippen LogP contribution < -0.4 is 0 Å². The van der Waals surface area contributed by atoms with Crippen molar-refractivity contribution >= 4 is 11.8 Å². The minimum Gasteiger partial charge on any atom is -0.0729 e.